The number of halogens is 1. The minimum absolute atomic E-state index is 0.0851. The standard InChI is InChI=1S/C22H21FN2O2/c1-2-3-4-13-27-20-9-5-7-18(21(20)23)15-25-22(26)17-10-11-19-16(14-17)8-6-12-24-19/h2-3,5-12,14H,4,13,15H2,1H3,(H,25,26)/b3-2+. The number of aromatic nitrogens is 1. The predicted octanol–water partition coefficient (Wildman–Crippen LogP) is 4.65. The summed E-state index contributed by atoms with van der Waals surface area (Å²) in [7, 11) is 0. The Morgan fingerprint density at radius 1 is 1.22 bits per heavy atom. The van der Waals surface area contributed by atoms with E-state index in [9.17, 15) is 9.18 Å². The van der Waals surface area contributed by atoms with Crippen molar-refractivity contribution in [2.24, 2.45) is 0 Å². The van der Waals surface area contributed by atoms with Gasteiger partial charge in [-0.1, -0.05) is 30.4 Å². The number of nitrogens with one attached hydrogen (secondary N) is 1. The Bertz CT molecular complexity index is 969. The average Bonchev–Trinajstić information content (AvgIpc) is 2.70. The molecule has 1 N–H and O–H groups in total. The zero-order chi connectivity index (χ0) is 19.1. The molecule has 0 atom stereocenters. The lowest BCUT2D eigenvalue weighted by Crippen LogP contribution is -2.23. The Morgan fingerprint density at radius 2 is 2.11 bits per heavy atom. The van der Waals surface area contributed by atoms with Gasteiger partial charge in [0.05, 0.1) is 12.1 Å². The fourth-order valence-corrected chi connectivity index (χ4v) is 2.70. The molecule has 0 aliphatic carbocycles. The maximum atomic E-state index is 14.5. The third kappa shape index (κ3) is 4.70. The van der Waals surface area contributed by atoms with Crippen LogP contribution in [0, 0.1) is 5.82 Å². The van der Waals surface area contributed by atoms with Gasteiger partial charge in [-0.25, -0.2) is 4.39 Å². The molecule has 0 aliphatic rings. The first kappa shape index (κ1) is 18.6. The van der Waals surface area contributed by atoms with E-state index in [-0.39, 0.29) is 18.2 Å². The van der Waals surface area contributed by atoms with Crippen LogP contribution >= 0.6 is 0 Å². The number of hydrogen-bond acceptors (Lipinski definition) is 3. The van der Waals surface area contributed by atoms with Gasteiger partial charge >= 0.3 is 0 Å². The number of carbonyl (C=O) groups is 1. The van der Waals surface area contributed by atoms with Crippen molar-refractivity contribution < 1.29 is 13.9 Å². The number of pyridine rings is 1. The fraction of sp³-hybridized carbons (Fsp3) is 0.182. The molecule has 0 fully saturated rings. The van der Waals surface area contributed by atoms with Crippen LogP contribution in [-0.2, 0) is 6.54 Å². The molecule has 3 rings (SSSR count). The number of rotatable bonds is 7. The summed E-state index contributed by atoms with van der Waals surface area (Å²) in [6.07, 6.45) is 6.31. The highest BCUT2D eigenvalue weighted by Gasteiger charge is 2.11. The molecule has 0 spiro atoms. The zero-order valence-corrected chi connectivity index (χ0v) is 15.1. The van der Waals surface area contributed by atoms with Crippen LogP contribution < -0.4 is 10.1 Å². The van der Waals surface area contributed by atoms with Gasteiger partial charge in [0.1, 0.15) is 0 Å². The van der Waals surface area contributed by atoms with Crippen LogP contribution in [0.3, 0.4) is 0 Å². The molecule has 0 saturated heterocycles. The van der Waals surface area contributed by atoms with Crippen LogP contribution in [0.15, 0.2) is 66.9 Å². The topological polar surface area (TPSA) is 51.2 Å². The Balaban J connectivity index is 1.65. The van der Waals surface area contributed by atoms with Gasteiger partial charge in [-0.05, 0) is 43.7 Å². The molecule has 0 aliphatic heterocycles. The molecule has 27 heavy (non-hydrogen) atoms. The molecule has 1 aromatic heterocycles. The Kier molecular flexibility index (Phi) is 6.15. The van der Waals surface area contributed by atoms with Gasteiger partial charge in [0.2, 0.25) is 0 Å². The molecule has 3 aromatic rings. The molecule has 0 bridgehead atoms. The van der Waals surface area contributed by atoms with E-state index < -0.39 is 5.82 Å². The normalized spacial score (nSPS) is 11.0. The maximum Gasteiger partial charge on any atom is 0.251 e. The second-order valence-corrected chi connectivity index (χ2v) is 6.03. The minimum atomic E-state index is -0.444. The zero-order valence-electron chi connectivity index (χ0n) is 15.1. The molecular weight excluding hydrogens is 343 g/mol. The molecule has 138 valence electrons. The van der Waals surface area contributed by atoms with Crippen molar-refractivity contribution >= 4 is 16.8 Å². The summed E-state index contributed by atoms with van der Waals surface area (Å²) >= 11 is 0. The average molecular weight is 364 g/mol. The van der Waals surface area contributed by atoms with E-state index in [1.165, 1.54) is 0 Å². The first-order chi connectivity index (χ1) is 13.2. The summed E-state index contributed by atoms with van der Waals surface area (Å²) in [4.78, 5) is 16.6. The monoisotopic (exact) mass is 364 g/mol. The third-order valence-electron chi connectivity index (χ3n) is 4.13. The molecular formula is C22H21FN2O2. The number of carbonyl (C=O) groups excluding carboxylic acids is 1. The van der Waals surface area contributed by atoms with Gasteiger partial charge in [0.15, 0.2) is 11.6 Å². The lowest BCUT2D eigenvalue weighted by atomic mass is 10.1. The molecule has 0 unspecified atom stereocenters. The Labute approximate surface area is 157 Å². The molecule has 5 heteroatoms. The van der Waals surface area contributed by atoms with E-state index in [2.05, 4.69) is 10.3 Å². The number of allylic oxidation sites excluding steroid dienone is 1. The summed E-state index contributed by atoms with van der Waals surface area (Å²) < 4.78 is 20.0. The Morgan fingerprint density at radius 3 is 2.96 bits per heavy atom. The van der Waals surface area contributed by atoms with Crippen LogP contribution in [0.2, 0.25) is 0 Å². The molecule has 0 saturated carbocycles. The van der Waals surface area contributed by atoms with Crippen molar-refractivity contribution in [2.45, 2.75) is 19.9 Å². The van der Waals surface area contributed by atoms with Gasteiger partial charge in [-0.15, -0.1) is 0 Å². The summed E-state index contributed by atoms with van der Waals surface area (Å²) in [5.74, 6) is -0.511. The Hall–Kier alpha value is -3.21. The minimum Gasteiger partial charge on any atom is -0.490 e. The highest BCUT2D eigenvalue weighted by Crippen LogP contribution is 2.21. The van der Waals surface area contributed by atoms with E-state index in [1.54, 1.807) is 42.6 Å². The molecule has 0 radical (unpaired) electrons. The van der Waals surface area contributed by atoms with E-state index >= 15 is 0 Å². The molecule has 2 aromatic carbocycles. The largest absolute Gasteiger partial charge is 0.490 e. The lowest BCUT2D eigenvalue weighted by Gasteiger charge is -2.11. The predicted molar refractivity (Wildman–Crippen MR) is 104 cm³/mol. The second kappa shape index (κ2) is 8.94. The van der Waals surface area contributed by atoms with Crippen molar-refractivity contribution in [1.29, 1.82) is 0 Å². The second-order valence-electron chi connectivity index (χ2n) is 6.03. The van der Waals surface area contributed by atoms with Gasteiger partial charge in [0, 0.05) is 29.3 Å². The molecule has 1 heterocycles. The number of benzene rings is 2. The summed E-state index contributed by atoms with van der Waals surface area (Å²) in [6.45, 7) is 2.42. The van der Waals surface area contributed by atoms with Crippen LogP contribution in [0.1, 0.15) is 29.3 Å². The van der Waals surface area contributed by atoms with Crippen LogP contribution in [0.5, 0.6) is 5.75 Å². The van der Waals surface area contributed by atoms with Gasteiger partial charge in [0.25, 0.3) is 5.91 Å². The summed E-state index contributed by atoms with van der Waals surface area (Å²) in [6, 6.07) is 13.9. The lowest BCUT2D eigenvalue weighted by molar-refractivity contribution is 0.0950. The highest BCUT2D eigenvalue weighted by molar-refractivity contribution is 5.97. The van der Waals surface area contributed by atoms with Crippen molar-refractivity contribution in [2.75, 3.05) is 6.61 Å². The number of ether oxygens (including phenoxy) is 1. The SMILES string of the molecule is C/C=C/CCOc1cccc(CNC(=O)c2ccc3ncccc3c2)c1F. The highest BCUT2D eigenvalue weighted by atomic mass is 19.1. The van der Waals surface area contributed by atoms with Crippen molar-refractivity contribution in [3.05, 3.63) is 83.8 Å². The van der Waals surface area contributed by atoms with Gasteiger partial charge < -0.3 is 10.1 Å². The van der Waals surface area contributed by atoms with Crippen LogP contribution in [0.25, 0.3) is 10.9 Å². The third-order valence-corrected chi connectivity index (χ3v) is 4.13. The van der Waals surface area contributed by atoms with Crippen molar-refractivity contribution in [3.8, 4) is 5.75 Å². The number of amides is 1. The number of nitrogens with zero attached hydrogens (tertiary/aromatic N) is 1. The fourth-order valence-electron chi connectivity index (χ4n) is 2.70. The van der Waals surface area contributed by atoms with E-state index in [0.29, 0.717) is 24.2 Å². The first-order valence-corrected chi connectivity index (χ1v) is 8.83. The van der Waals surface area contributed by atoms with Gasteiger partial charge in [-0.2, -0.15) is 0 Å². The smallest absolute Gasteiger partial charge is 0.251 e. The van der Waals surface area contributed by atoms with Crippen molar-refractivity contribution in [3.63, 3.8) is 0 Å². The van der Waals surface area contributed by atoms with E-state index in [0.717, 1.165) is 10.9 Å². The number of fused-ring (bicyclic) bond motifs is 1. The van der Waals surface area contributed by atoms with E-state index in [4.69, 9.17) is 4.74 Å². The number of hydrogen-bond donors (Lipinski definition) is 1. The first-order valence-electron chi connectivity index (χ1n) is 8.83. The van der Waals surface area contributed by atoms with Gasteiger partial charge in [-0.3, -0.25) is 9.78 Å². The van der Waals surface area contributed by atoms with Crippen LogP contribution in [-0.4, -0.2) is 17.5 Å². The molecule has 4 nitrogen and oxygen atoms in total. The summed E-state index contributed by atoms with van der Waals surface area (Å²) in [5, 5.41) is 3.64. The quantitative estimate of drug-likeness (QED) is 0.490. The molecule has 1 amide bonds. The maximum absolute atomic E-state index is 14.5. The summed E-state index contributed by atoms with van der Waals surface area (Å²) in [5.41, 5.74) is 1.71. The van der Waals surface area contributed by atoms with Crippen molar-refractivity contribution in [1.82, 2.24) is 10.3 Å². The van der Waals surface area contributed by atoms with Crippen LogP contribution in [0.4, 0.5) is 4.39 Å². The van der Waals surface area contributed by atoms with E-state index in [1.807, 2.05) is 31.2 Å².